The van der Waals surface area contributed by atoms with E-state index in [4.69, 9.17) is 0 Å². The molecule has 3 aromatic rings. The molecule has 0 bridgehead atoms. The van der Waals surface area contributed by atoms with E-state index < -0.39 is 42.0 Å². The minimum Gasteiger partial charge on any atom is -0.405 e. The van der Waals surface area contributed by atoms with Crippen molar-refractivity contribution in [2.45, 2.75) is 19.2 Å². The number of anilines is 2. The van der Waals surface area contributed by atoms with Gasteiger partial charge in [-0.05, 0) is 29.8 Å². The van der Waals surface area contributed by atoms with E-state index >= 15 is 0 Å². The van der Waals surface area contributed by atoms with Crippen molar-refractivity contribution in [2.24, 2.45) is 0 Å². The van der Waals surface area contributed by atoms with E-state index in [9.17, 15) is 31.5 Å². The normalized spacial score (nSPS) is 11.1. The first-order valence-corrected chi connectivity index (χ1v) is 9.42. The van der Waals surface area contributed by atoms with Crippen LogP contribution in [-0.2, 0) is 22.4 Å². The molecule has 0 radical (unpaired) electrons. The average molecular weight is 465 g/mol. The van der Waals surface area contributed by atoms with Gasteiger partial charge in [-0.25, -0.2) is 13.8 Å². The van der Waals surface area contributed by atoms with Gasteiger partial charge in [-0.15, -0.1) is 13.2 Å². The number of hydrogen-bond donors (Lipinski definition) is 2. The van der Waals surface area contributed by atoms with Crippen LogP contribution in [-0.4, -0.2) is 23.2 Å². The van der Waals surface area contributed by atoms with Crippen LogP contribution in [0, 0.1) is 11.6 Å². The van der Waals surface area contributed by atoms with Crippen molar-refractivity contribution in [2.75, 3.05) is 10.6 Å². The highest BCUT2D eigenvalue weighted by Crippen LogP contribution is 2.26. The van der Waals surface area contributed by atoms with Crippen molar-refractivity contribution in [1.29, 1.82) is 0 Å². The van der Waals surface area contributed by atoms with Crippen LogP contribution in [0.5, 0.6) is 5.75 Å². The van der Waals surface area contributed by atoms with Crippen molar-refractivity contribution < 1.29 is 36.3 Å². The zero-order valence-corrected chi connectivity index (χ0v) is 16.7. The smallest absolute Gasteiger partial charge is 0.405 e. The van der Waals surface area contributed by atoms with Gasteiger partial charge < -0.3 is 15.4 Å². The minimum atomic E-state index is -4.90. The Hall–Kier alpha value is -4.02. The summed E-state index contributed by atoms with van der Waals surface area (Å²) in [6, 6.07) is 10.7. The van der Waals surface area contributed by atoms with E-state index in [1.165, 1.54) is 36.5 Å². The van der Waals surface area contributed by atoms with Crippen molar-refractivity contribution in [3.05, 3.63) is 83.6 Å². The largest absolute Gasteiger partial charge is 0.573 e. The molecule has 0 aliphatic carbocycles. The van der Waals surface area contributed by atoms with Gasteiger partial charge in [-0.1, -0.05) is 18.2 Å². The molecule has 0 fully saturated rings. The van der Waals surface area contributed by atoms with Crippen molar-refractivity contribution in [3.8, 4) is 5.75 Å². The molecular formula is C22H16F5N3O3. The van der Waals surface area contributed by atoms with Crippen LogP contribution in [0.3, 0.4) is 0 Å². The molecule has 2 N–H and O–H groups in total. The maximum Gasteiger partial charge on any atom is 0.573 e. The second-order valence-corrected chi connectivity index (χ2v) is 6.81. The number of amides is 2. The zero-order chi connectivity index (χ0) is 24.0. The van der Waals surface area contributed by atoms with Crippen LogP contribution in [0.1, 0.15) is 11.1 Å². The SMILES string of the molecule is O=C(Cc1ccccc1OC(F)(F)F)Nc1ccnc(NC(=O)Cc2cc(F)cc(F)c2)c1. The monoisotopic (exact) mass is 465 g/mol. The number of nitrogens with zero attached hydrogens (tertiary/aromatic N) is 1. The van der Waals surface area contributed by atoms with Gasteiger partial charge in [0.25, 0.3) is 0 Å². The highest BCUT2D eigenvalue weighted by Gasteiger charge is 2.32. The predicted octanol–water partition coefficient (Wildman–Crippen LogP) is 4.62. The average Bonchev–Trinajstić information content (AvgIpc) is 2.67. The maximum absolute atomic E-state index is 13.3. The second kappa shape index (κ2) is 10.1. The molecule has 0 unspecified atom stereocenters. The van der Waals surface area contributed by atoms with Crippen LogP contribution < -0.4 is 15.4 Å². The number of para-hydroxylation sites is 1. The number of benzene rings is 2. The van der Waals surface area contributed by atoms with Gasteiger partial charge in [0.15, 0.2) is 0 Å². The number of halogens is 5. The summed E-state index contributed by atoms with van der Waals surface area (Å²) in [5.74, 6) is -3.31. The molecule has 0 aliphatic heterocycles. The summed E-state index contributed by atoms with van der Waals surface area (Å²) in [5, 5.41) is 4.93. The van der Waals surface area contributed by atoms with Crippen LogP contribution in [0.4, 0.5) is 33.5 Å². The quantitative estimate of drug-likeness (QED) is 0.499. The van der Waals surface area contributed by atoms with Gasteiger partial charge in [-0.2, -0.15) is 0 Å². The van der Waals surface area contributed by atoms with Crippen molar-refractivity contribution >= 4 is 23.3 Å². The summed E-state index contributed by atoms with van der Waals surface area (Å²) >= 11 is 0. The Bertz CT molecular complexity index is 1150. The van der Waals surface area contributed by atoms with Crippen LogP contribution >= 0.6 is 0 Å². The van der Waals surface area contributed by atoms with Crippen molar-refractivity contribution in [3.63, 3.8) is 0 Å². The van der Waals surface area contributed by atoms with Gasteiger partial charge >= 0.3 is 6.36 Å². The lowest BCUT2D eigenvalue weighted by Gasteiger charge is -2.13. The maximum atomic E-state index is 13.3. The molecule has 1 aromatic heterocycles. The summed E-state index contributed by atoms with van der Waals surface area (Å²) in [6.45, 7) is 0. The fourth-order valence-electron chi connectivity index (χ4n) is 2.91. The Kier molecular flexibility index (Phi) is 7.21. The first-order chi connectivity index (χ1) is 15.6. The molecule has 3 rings (SSSR count). The predicted molar refractivity (Wildman–Crippen MR) is 108 cm³/mol. The highest BCUT2D eigenvalue weighted by molar-refractivity contribution is 5.94. The number of nitrogens with one attached hydrogen (secondary N) is 2. The van der Waals surface area contributed by atoms with Gasteiger partial charge in [-0.3, -0.25) is 9.59 Å². The number of carbonyl (C=O) groups excluding carboxylic acids is 2. The fraction of sp³-hybridized carbons (Fsp3) is 0.136. The Morgan fingerprint density at radius 1 is 0.879 bits per heavy atom. The number of pyridine rings is 1. The van der Waals surface area contributed by atoms with E-state index in [1.54, 1.807) is 0 Å². The number of carbonyl (C=O) groups is 2. The summed E-state index contributed by atoms with van der Waals surface area (Å²) < 4.78 is 68.0. The summed E-state index contributed by atoms with van der Waals surface area (Å²) in [6.07, 6.45) is -4.33. The molecule has 6 nitrogen and oxygen atoms in total. The summed E-state index contributed by atoms with van der Waals surface area (Å²) in [5.41, 5.74) is 0.364. The Morgan fingerprint density at radius 2 is 1.55 bits per heavy atom. The third kappa shape index (κ3) is 7.56. The molecular weight excluding hydrogens is 449 g/mol. The van der Waals surface area contributed by atoms with Gasteiger partial charge in [0, 0.05) is 29.6 Å². The molecule has 0 spiro atoms. The number of ether oxygens (including phenoxy) is 1. The van der Waals surface area contributed by atoms with Crippen molar-refractivity contribution in [1.82, 2.24) is 4.98 Å². The highest BCUT2D eigenvalue weighted by atomic mass is 19.4. The Labute approximate surface area is 184 Å². The van der Waals surface area contributed by atoms with Crippen LogP contribution in [0.15, 0.2) is 60.8 Å². The molecule has 0 atom stereocenters. The van der Waals surface area contributed by atoms with Gasteiger partial charge in [0.2, 0.25) is 11.8 Å². The second-order valence-electron chi connectivity index (χ2n) is 6.81. The first kappa shape index (κ1) is 23.6. The van der Waals surface area contributed by atoms with Crippen LogP contribution in [0.2, 0.25) is 0 Å². The lowest BCUT2D eigenvalue weighted by Crippen LogP contribution is -2.20. The number of rotatable bonds is 7. The van der Waals surface area contributed by atoms with E-state index in [0.717, 1.165) is 18.2 Å². The number of alkyl halides is 3. The van der Waals surface area contributed by atoms with Gasteiger partial charge in [0.05, 0.1) is 12.8 Å². The fourth-order valence-corrected chi connectivity index (χ4v) is 2.91. The number of aromatic nitrogens is 1. The third-order valence-corrected chi connectivity index (χ3v) is 4.15. The minimum absolute atomic E-state index is 0.0252. The summed E-state index contributed by atoms with van der Waals surface area (Å²) in [4.78, 5) is 28.4. The molecule has 33 heavy (non-hydrogen) atoms. The Balaban J connectivity index is 1.62. The molecule has 2 amide bonds. The zero-order valence-electron chi connectivity index (χ0n) is 16.7. The number of hydrogen-bond acceptors (Lipinski definition) is 4. The van der Waals surface area contributed by atoms with Gasteiger partial charge in [0.1, 0.15) is 23.2 Å². The van der Waals surface area contributed by atoms with E-state index in [0.29, 0.717) is 6.07 Å². The van der Waals surface area contributed by atoms with Crippen LogP contribution in [0.25, 0.3) is 0 Å². The van der Waals surface area contributed by atoms with E-state index in [1.807, 2.05) is 0 Å². The molecule has 0 saturated heterocycles. The van der Waals surface area contributed by atoms with E-state index in [2.05, 4.69) is 20.4 Å². The molecule has 1 heterocycles. The summed E-state index contributed by atoms with van der Waals surface area (Å²) in [7, 11) is 0. The molecule has 11 heteroatoms. The molecule has 0 aliphatic rings. The third-order valence-electron chi connectivity index (χ3n) is 4.15. The lowest BCUT2D eigenvalue weighted by atomic mass is 10.1. The Morgan fingerprint density at radius 3 is 2.24 bits per heavy atom. The molecule has 172 valence electrons. The topological polar surface area (TPSA) is 80.3 Å². The lowest BCUT2D eigenvalue weighted by molar-refractivity contribution is -0.274. The molecule has 0 saturated carbocycles. The first-order valence-electron chi connectivity index (χ1n) is 9.42. The van der Waals surface area contributed by atoms with E-state index in [-0.39, 0.29) is 29.1 Å². The standard InChI is InChI=1S/C22H16F5N3O3/c23-15-7-13(8-16(24)11-15)9-20(31)30-19-12-17(5-6-28-19)29-21(32)10-14-3-1-2-4-18(14)33-22(25,26)27/h1-8,11-12H,9-10H2,(H2,28,29,30,31,32). The molecule has 2 aromatic carbocycles.